The normalized spacial score (nSPS) is 37.7. The molecule has 1 aromatic rings. The lowest BCUT2D eigenvalue weighted by molar-refractivity contribution is -0.187. The van der Waals surface area contributed by atoms with Crippen LogP contribution in [0.4, 0.5) is 0 Å². The van der Waals surface area contributed by atoms with Crippen molar-refractivity contribution in [2.75, 3.05) is 13.1 Å². The van der Waals surface area contributed by atoms with E-state index in [1.54, 1.807) is 6.07 Å². The third-order valence-electron chi connectivity index (χ3n) is 6.73. The molecule has 1 saturated heterocycles. The number of nitrogens with zero attached hydrogens (tertiary/aromatic N) is 1. The third-order valence-corrected chi connectivity index (χ3v) is 6.73. The maximum atomic E-state index is 12.6. The minimum atomic E-state index is -1.00. The molecule has 4 aliphatic rings. The second kappa shape index (κ2) is 5.22. The Hall–Kier alpha value is -1.56. The lowest BCUT2D eigenvalue weighted by atomic mass is 9.49. The predicted octanol–water partition coefficient (Wildman–Crippen LogP) is -1.69. The first kappa shape index (κ1) is 16.9. The zero-order valence-corrected chi connectivity index (χ0v) is 14.6. The van der Waals surface area contributed by atoms with Gasteiger partial charge in [-0.2, -0.15) is 0 Å². The molecule has 4 atom stereocenters. The summed E-state index contributed by atoms with van der Waals surface area (Å²) in [4.78, 5) is 14.9. The third kappa shape index (κ3) is 1.74. The number of benzene rings is 1. The number of aliphatic hydroxyl groups is 1. The van der Waals surface area contributed by atoms with Gasteiger partial charge in [-0.15, -0.1) is 6.58 Å². The second-order valence-corrected chi connectivity index (χ2v) is 7.56. The van der Waals surface area contributed by atoms with Gasteiger partial charge >= 0.3 is 0 Å². The molecular weight excluding hydrogens is 342 g/mol. The van der Waals surface area contributed by atoms with Crippen LogP contribution in [0.25, 0.3) is 0 Å². The molecule has 2 aliphatic carbocycles. The highest BCUT2D eigenvalue weighted by atomic mass is 35.5. The number of carbonyl (C=O) groups excluding carboxylic acids is 1. The van der Waals surface area contributed by atoms with Crippen molar-refractivity contribution in [1.82, 2.24) is 4.90 Å². The summed E-state index contributed by atoms with van der Waals surface area (Å²) in [5.41, 5.74) is 0.256. The summed E-state index contributed by atoms with van der Waals surface area (Å²) in [6.45, 7) is 5.36. The summed E-state index contributed by atoms with van der Waals surface area (Å²) in [6.07, 6.45) is 3.35. The SMILES string of the molecule is C=CCN1CC[C@]23c4c5ccc(O)c4OC2C(=O)CC[C@@]3(O)C1C5.[Cl-]. The standard InChI is InChI=1S/C19H21NO4.ClH/c1-2-8-20-9-7-18-15-11-3-4-12(21)16(15)24-17(18)13(22)5-6-19(18,23)14(20)10-11;/h2-4,14,17,21,23H,1,5-10H2;1H/p-1/t14?,17?,18-,19+;/m0./s1. The topological polar surface area (TPSA) is 70.0 Å². The Kier molecular flexibility index (Phi) is 3.53. The lowest BCUT2D eigenvalue weighted by Crippen LogP contribution is -3.00. The second-order valence-electron chi connectivity index (χ2n) is 7.56. The molecule has 5 rings (SSSR count). The average molecular weight is 363 g/mol. The van der Waals surface area contributed by atoms with Crippen LogP contribution in [0.3, 0.4) is 0 Å². The summed E-state index contributed by atoms with van der Waals surface area (Å²) in [5.74, 6) is 0.528. The maximum absolute atomic E-state index is 12.6. The molecule has 0 aromatic heterocycles. The van der Waals surface area contributed by atoms with Gasteiger partial charge in [0.15, 0.2) is 23.4 Å². The highest BCUT2D eigenvalue weighted by Gasteiger charge is 2.72. The van der Waals surface area contributed by atoms with Crippen LogP contribution in [-0.4, -0.2) is 51.7 Å². The summed E-state index contributed by atoms with van der Waals surface area (Å²) in [6, 6.07) is 3.52. The molecule has 2 heterocycles. The van der Waals surface area contributed by atoms with Crippen LogP contribution in [0.5, 0.6) is 11.5 Å². The van der Waals surface area contributed by atoms with Gasteiger partial charge in [0.25, 0.3) is 0 Å². The van der Waals surface area contributed by atoms with E-state index in [2.05, 4.69) is 11.5 Å². The Morgan fingerprint density at radius 2 is 2.20 bits per heavy atom. The molecule has 2 N–H and O–H groups in total. The average Bonchev–Trinajstić information content (AvgIpc) is 2.91. The number of hydrogen-bond acceptors (Lipinski definition) is 5. The van der Waals surface area contributed by atoms with Crippen LogP contribution in [-0.2, 0) is 16.6 Å². The van der Waals surface area contributed by atoms with Crippen molar-refractivity contribution in [3.8, 4) is 11.5 Å². The van der Waals surface area contributed by atoms with Crippen molar-refractivity contribution in [2.24, 2.45) is 0 Å². The van der Waals surface area contributed by atoms with E-state index in [0.717, 1.165) is 24.2 Å². The lowest BCUT2D eigenvalue weighted by Gasteiger charge is -2.62. The molecule has 2 bridgehead atoms. The van der Waals surface area contributed by atoms with Crippen LogP contribution in [0.2, 0.25) is 0 Å². The van der Waals surface area contributed by atoms with Crippen LogP contribution >= 0.6 is 0 Å². The first-order valence-corrected chi connectivity index (χ1v) is 8.65. The van der Waals surface area contributed by atoms with E-state index < -0.39 is 17.1 Å². The number of rotatable bonds is 2. The quantitative estimate of drug-likeness (QED) is 0.614. The highest BCUT2D eigenvalue weighted by Crippen LogP contribution is 2.64. The molecule has 1 saturated carbocycles. The monoisotopic (exact) mass is 362 g/mol. The first-order valence-electron chi connectivity index (χ1n) is 8.65. The molecule has 5 nitrogen and oxygen atoms in total. The fraction of sp³-hybridized carbons (Fsp3) is 0.526. The van der Waals surface area contributed by atoms with Crippen molar-refractivity contribution in [2.45, 2.75) is 48.8 Å². The van der Waals surface area contributed by atoms with Crippen LogP contribution < -0.4 is 17.1 Å². The van der Waals surface area contributed by atoms with Gasteiger partial charge in [0, 0.05) is 31.1 Å². The van der Waals surface area contributed by atoms with Crippen molar-refractivity contribution in [3.05, 3.63) is 35.9 Å². The van der Waals surface area contributed by atoms with Gasteiger partial charge in [0.1, 0.15) is 0 Å². The smallest absolute Gasteiger partial charge is 0.174 e. The molecule has 0 radical (unpaired) electrons. The highest BCUT2D eigenvalue weighted by molar-refractivity contribution is 5.90. The molecule has 134 valence electrons. The van der Waals surface area contributed by atoms with Crippen LogP contribution in [0.1, 0.15) is 30.4 Å². The molecule has 1 spiro atoms. The summed E-state index contributed by atoms with van der Waals surface area (Å²) >= 11 is 0. The Bertz CT molecular complexity index is 781. The van der Waals surface area contributed by atoms with Gasteiger partial charge < -0.3 is 27.4 Å². The molecule has 2 fully saturated rings. The van der Waals surface area contributed by atoms with E-state index in [-0.39, 0.29) is 30.0 Å². The number of halogens is 1. The van der Waals surface area contributed by atoms with Crippen molar-refractivity contribution < 1.29 is 32.2 Å². The first-order chi connectivity index (χ1) is 11.5. The summed E-state index contributed by atoms with van der Waals surface area (Å²) < 4.78 is 5.98. The van der Waals surface area contributed by atoms with Crippen molar-refractivity contribution >= 4 is 5.78 Å². The zero-order valence-electron chi connectivity index (χ0n) is 13.9. The number of aromatic hydroxyl groups is 1. The van der Waals surface area contributed by atoms with Crippen molar-refractivity contribution in [3.63, 3.8) is 0 Å². The number of Topliss-reactive ketones (excluding diaryl/α,β-unsaturated/α-hetero) is 1. The molecule has 2 unspecified atom stereocenters. The van der Waals surface area contributed by atoms with Crippen LogP contribution in [0, 0.1) is 0 Å². The Balaban J connectivity index is 0.00000157. The molecule has 25 heavy (non-hydrogen) atoms. The van der Waals surface area contributed by atoms with E-state index in [9.17, 15) is 15.0 Å². The summed E-state index contributed by atoms with van der Waals surface area (Å²) in [7, 11) is 0. The van der Waals surface area contributed by atoms with Crippen LogP contribution in [0.15, 0.2) is 24.8 Å². The summed E-state index contributed by atoms with van der Waals surface area (Å²) in [5, 5.41) is 22.1. The minimum Gasteiger partial charge on any atom is -1.00 e. The number of ether oxygens (including phenoxy) is 1. The van der Waals surface area contributed by atoms with E-state index in [0.29, 0.717) is 31.4 Å². The zero-order chi connectivity index (χ0) is 16.7. The molecule has 1 aromatic carbocycles. The fourth-order valence-corrected chi connectivity index (χ4v) is 5.80. The molecule has 2 aliphatic heterocycles. The van der Waals surface area contributed by atoms with E-state index in [1.165, 1.54) is 0 Å². The van der Waals surface area contributed by atoms with Gasteiger partial charge in [-0.05, 0) is 30.9 Å². The minimum absolute atomic E-state index is 0. The molecule has 0 amide bonds. The number of piperidine rings is 1. The number of hydrogen-bond donors (Lipinski definition) is 2. The van der Waals surface area contributed by atoms with Gasteiger partial charge in [-0.25, -0.2) is 0 Å². The Morgan fingerprint density at radius 3 is 2.96 bits per heavy atom. The predicted molar refractivity (Wildman–Crippen MR) is 87.3 cm³/mol. The molecular formula is C19H21ClNO4-. The van der Waals surface area contributed by atoms with Crippen molar-refractivity contribution in [1.29, 1.82) is 0 Å². The van der Waals surface area contributed by atoms with Gasteiger partial charge in [0.05, 0.1) is 11.0 Å². The Morgan fingerprint density at radius 1 is 1.40 bits per heavy atom. The number of likely N-dealkylation sites (tertiary alicyclic amines) is 1. The number of ketones is 1. The number of phenolic OH excluding ortho intramolecular Hbond substituents is 1. The fourth-order valence-electron chi connectivity index (χ4n) is 5.80. The molecule has 6 heteroatoms. The number of phenols is 1. The Labute approximate surface area is 152 Å². The largest absolute Gasteiger partial charge is 1.00 e. The van der Waals surface area contributed by atoms with E-state index >= 15 is 0 Å². The van der Waals surface area contributed by atoms with Gasteiger partial charge in [-0.1, -0.05) is 12.1 Å². The van der Waals surface area contributed by atoms with E-state index in [4.69, 9.17) is 4.74 Å². The van der Waals surface area contributed by atoms with Gasteiger partial charge in [0.2, 0.25) is 0 Å². The van der Waals surface area contributed by atoms with Gasteiger partial charge in [-0.3, -0.25) is 9.69 Å². The maximum Gasteiger partial charge on any atom is 0.174 e. The number of carbonyl (C=O) groups is 1. The van der Waals surface area contributed by atoms with E-state index in [1.807, 2.05) is 12.1 Å².